The van der Waals surface area contributed by atoms with Crippen molar-refractivity contribution in [2.45, 2.75) is 11.8 Å². The second-order valence-electron chi connectivity index (χ2n) is 4.11. The highest BCUT2D eigenvalue weighted by molar-refractivity contribution is 7.92. The van der Waals surface area contributed by atoms with Gasteiger partial charge in [-0.1, -0.05) is 0 Å². The summed E-state index contributed by atoms with van der Waals surface area (Å²) < 4.78 is 31.7. The molecule has 0 saturated carbocycles. The number of ether oxygens (including phenoxy) is 1. The molecule has 0 aliphatic carbocycles. The Labute approximate surface area is 126 Å². The zero-order valence-electron chi connectivity index (χ0n) is 11.6. The molecule has 0 amide bonds. The maximum Gasteiger partial charge on any atom is 0.338 e. The van der Waals surface area contributed by atoms with E-state index in [9.17, 15) is 13.2 Å². The van der Waals surface area contributed by atoms with Crippen molar-refractivity contribution in [2.75, 3.05) is 11.3 Å². The third kappa shape index (κ3) is 3.70. The third-order valence-electron chi connectivity index (χ3n) is 2.57. The molecule has 1 aromatic heterocycles. The second kappa shape index (κ2) is 6.39. The van der Waals surface area contributed by atoms with E-state index in [0.29, 0.717) is 12.4 Å². The summed E-state index contributed by atoms with van der Waals surface area (Å²) in [7, 11) is -3.86. The number of sulfonamides is 1. The molecular formula is C13H13N3O5S. The summed E-state index contributed by atoms with van der Waals surface area (Å²) >= 11 is 0. The molecule has 0 radical (unpaired) electrons. The summed E-state index contributed by atoms with van der Waals surface area (Å²) in [6.07, 6.45) is 2.04. The van der Waals surface area contributed by atoms with Crippen molar-refractivity contribution in [1.82, 2.24) is 9.97 Å². The SMILES string of the molecule is CCOc1ccc(S(=O)(=O)Nc2ncc(C(=O)O)cn2)cc1. The maximum absolute atomic E-state index is 12.1. The van der Waals surface area contributed by atoms with E-state index >= 15 is 0 Å². The van der Waals surface area contributed by atoms with Gasteiger partial charge in [-0.25, -0.2) is 27.9 Å². The predicted molar refractivity (Wildman–Crippen MR) is 77.4 cm³/mol. The van der Waals surface area contributed by atoms with Gasteiger partial charge >= 0.3 is 5.97 Å². The molecule has 0 saturated heterocycles. The largest absolute Gasteiger partial charge is 0.494 e. The van der Waals surface area contributed by atoms with Gasteiger partial charge in [-0.3, -0.25) is 0 Å². The van der Waals surface area contributed by atoms with Gasteiger partial charge in [0.15, 0.2) is 0 Å². The summed E-state index contributed by atoms with van der Waals surface area (Å²) in [4.78, 5) is 18.0. The van der Waals surface area contributed by atoms with Crippen LogP contribution < -0.4 is 9.46 Å². The zero-order chi connectivity index (χ0) is 16.2. The van der Waals surface area contributed by atoms with E-state index in [1.54, 1.807) is 0 Å². The minimum atomic E-state index is -3.86. The molecule has 1 aromatic carbocycles. The lowest BCUT2D eigenvalue weighted by Crippen LogP contribution is -2.15. The monoisotopic (exact) mass is 323 g/mol. The number of nitrogens with one attached hydrogen (secondary N) is 1. The smallest absolute Gasteiger partial charge is 0.338 e. The number of aromatic carboxylic acids is 1. The number of carboxylic acids is 1. The highest BCUT2D eigenvalue weighted by Crippen LogP contribution is 2.17. The molecule has 0 aliphatic heterocycles. The fraction of sp³-hybridized carbons (Fsp3) is 0.154. The van der Waals surface area contributed by atoms with E-state index in [0.717, 1.165) is 12.4 Å². The minimum Gasteiger partial charge on any atom is -0.494 e. The average Bonchev–Trinajstić information content (AvgIpc) is 2.48. The maximum atomic E-state index is 12.1. The zero-order valence-corrected chi connectivity index (χ0v) is 12.4. The van der Waals surface area contributed by atoms with Crippen LogP contribution in [0.3, 0.4) is 0 Å². The van der Waals surface area contributed by atoms with E-state index in [2.05, 4.69) is 14.7 Å². The van der Waals surface area contributed by atoms with Crippen LogP contribution in [-0.2, 0) is 10.0 Å². The Morgan fingerprint density at radius 3 is 2.32 bits per heavy atom. The van der Waals surface area contributed by atoms with Crippen molar-refractivity contribution in [3.63, 3.8) is 0 Å². The number of rotatable bonds is 6. The standard InChI is InChI=1S/C13H13N3O5S/c1-2-21-10-3-5-11(6-4-10)22(19,20)16-13-14-7-9(8-15-13)12(17)18/h3-8H,2H2,1H3,(H,17,18)(H,14,15,16). The molecule has 0 unspecified atom stereocenters. The van der Waals surface area contributed by atoms with Crippen LogP contribution in [0.4, 0.5) is 5.95 Å². The van der Waals surface area contributed by atoms with E-state index in [4.69, 9.17) is 9.84 Å². The van der Waals surface area contributed by atoms with Gasteiger partial charge < -0.3 is 9.84 Å². The first-order valence-corrected chi connectivity index (χ1v) is 7.71. The van der Waals surface area contributed by atoms with Crippen LogP contribution in [0.2, 0.25) is 0 Å². The fourth-order valence-corrected chi connectivity index (χ4v) is 2.51. The Morgan fingerprint density at radius 1 is 1.23 bits per heavy atom. The molecule has 8 nitrogen and oxygen atoms in total. The van der Waals surface area contributed by atoms with Crippen molar-refractivity contribution in [1.29, 1.82) is 0 Å². The molecule has 0 atom stereocenters. The number of hydrogen-bond donors (Lipinski definition) is 2. The van der Waals surface area contributed by atoms with E-state index in [1.807, 2.05) is 6.92 Å². The molecule has 0 bridgehead atoms. The average molecular weight is 323 g/mol. The van der Waals surface area contributed by atoms with Crippen LogP contribution in [-0.4, -0.2) is 36.1 Å². The van der Waals surface area contributed by atoms with Gasteiger partial charge in [-0.05, 0) is 31.2 Å². The number of carbonyl (C=O) groups is 1. The van der Waals surface area contributed by atoms with Crippen LogP contribution >= 0.6 is 0 Å². The molecule has 2 aromatic rings. The molecular weight excluding hydrogens is 310 g/mol. The van der Waals surface area contributed by atoms with Crippen LogP contribution in [0, 0.1) is 0 Å². The van der Waals surface area contributed by atoms with Crippen LogP contribution in [0.25, 0.3) is 0 Å². The van der Waals surface area contributed by atoms with Gasteiger partial charge in [-0.15, -0.1) is 0 Å². The topological polar surface area (TPSA) is 118 Å². The Hall–Kier alpha value is -2.68. The Kier molecular flexibility index (Phi) is 4.56. The molecule has 116 valence electrons. The van der Waals surface area contributed by atoms with E-state index in [-0.39, 0.29) is 16.4 Å². The summed E-state index contributed by atoms with van der Waals surface area (Å²) in [5, 5.41) is 8.73. The van der Waals surface area contributed by atoms with Crippen molar-refractivity contribution in [3.05, 3.63) is 42.2 Å². The number of hydrogen-bond acceptors (Lipinski definition) is 6. The molecule has 0 aliphatic rings. The van der Waals surface area contributed by atoms with Crippen LogP contribution in [0.5, 0.6) is 5.75 Å². The van der Waals surface area contributed by atoms with E-state index in [1.165, 1.54) is 24.3 Å². The highest BCUT2D eigenvalue weighted by Gasteiger charge is 2.16. The van der Waals surface area contributed by atoms with Gasteiger partial charge in [-0.2, -0.15) is 0 Å². The Bertz CT molecular complexity index is 757. The van der Waals surface area contributed by atoms with Crippen molar-refractivity contribution in [3.8, 4) is 5.75 Å². The number of nitrogens with zero attached hydrogens (tertiary/aromatic N) is 2. The van der Waals surface area contributed by atoms with Crippen molar-refractivity contribution < 1.29 is 23.1 Å². The van der Waals surface area contributed by atoms with Crippen LogP contribution in [0.15, 0.2) is 41.6 Å². The number of carboxylic acid groups (broad SMARTS) is 1. The summed E-state index contributed by atoms with van der Waals surface area (Å²) in [6, 6.07) is 5.84. The summed E-state index contributed by atoms with van der Waals surface area (Å²) in [6.45, 7) is 2.30. The van der Waals surface area contributed by atoms with Crippen molar-refractivity contribution >= 4 is 21.9 Å². The highest BCUT2D eigenvalue weighted by atomic mass is 32.2. The normalized spacial score (nSPS) is 11.0. The molecule has 1 heterocycles. The van der Waals surface area contributed by atoms with Crippen molar-refractivity contribution in [2.24, 2.45) is 0 Å². The summed E-state index contributed by atoms with van der Waals surface area (Å²) in [5.74, 6) is -0.844. The van der Waals surface area contributed by atoms with Crippen LogP contribution in [0.1, 0.15) is 17.3 Å². The first kappa shape index (κ1) is 15.7. The minimum absolute atomic E-state index is 0.0156. The molecule has 22 heavy (non-hydrogen) atoms. The Balaban J connectivity index is 2.18. The number of aromatic nitrogens is 2. The lowest BCUT2D eigenvalue weighted by molar-refractivity contribution is 0.0696. The summed E-state index contributed by atoms with van der Waals surface area (Å²) in [5.41, 5.74) is -0.135. The predicted octanol–water partition coefficient (Wildman–Crippen LogP) is 1.37. The molecule has 9 heteroatoms. The molecule has 0 fully saturated rings. The van der Waals surface area contributed by atoms with Gasteiger partial charge in [0.25, 0.3) is 10.0 Å². The lowest BCUT2D eigenvalue weighted by atomic mass is 10.3. The molecule has 2 rings (SSSR count). The number of benzene rings is 1. The Morgan fingerprint density at radius 2 is 1.82 bits per heavy atom. The van der Waals surface area contributed by atoms with Gasteiger partial charge in [0.1, 0.15) is 5.75 Å². The number of anilines is 1. The van der Waals surface area contributed by atoms with Gasteiger partial charge in [0.05, 0.1) is 17.1 Å². The van der Waals surface area contributed by atoms with Gasteiger partial charge in [0, 0.05) is 12.4 Å². The van der Waals surface area contributed by atoms with E-state index < -0.39 is 16.0 Å². The third-order valence-corrected chi connectivity index (χ3v) is 3.91. The fourth-order valence-electron chi connectivity index (χ4n) is 1.55. The van der Waals surface area contributed by atoms with Gasteiger partial charge in [0.2, 0.25) is 5.95 Å². The first-order chi connectivity index (χ1) is 10.4. The molecule has 2 N–H and O–H groups in total. The first-order valence-electron chi connectivity index (χ1n) is 6.23. The molecule has 0 spiro atoms. The quantitative estimate of drug-likeness (QED) is 0.824. The second-order valence-corrected chi connectivity index (χ2v) is 5.79. The lowest BCUT2D eigenvalue weighted by Gasteiger charge is -2.08.